The summed E-state index contributed by atoms with van der Waals surface area (Å²) < 4.78 is 11.8. The van der Waals surface area contributed by atoms with Crippen molar-refractivity contribution in [2.45, 2.75) is 39.2 Å². The molecule has 1 aromatic carbocycles. The van der Waals surface area contributed by atoms with Crippen LogP contribution in [-0.2, 0) is 11.3 Å². The van der Waals surface area contributed by atoms with E-state index in [-0.39, 0.29) is 0 Å². The standard InChI is InChI=1S/C14H21BrO2/c1-3-4-5-6-9-17-11-12-7-8-14(16-2)13(15)10-12/h7-8,10H,3-6,9,11H2,1-2H3. The number of hydrogen-bond acceptors (Lipinski definition) is 2. The highest BCUT2D eigenvalue weighted by molar-refractivity contribution is 9.10. The molecule has 0 saturated heterocycles. The van der Waals surface area contributed by atoms with Gasteiger partial charge in [-0.2, -0.15) is 0 Å². The van der Waals surface area contributed by atoms with Crippen molar-refractivity contribution >= 4 is 15.9 Å². The zero-order valence-corrected chi connectivity index (χ0v) is 12.3. The maximum atomic E-state index is 5.63. The predicted octanol–water partition coefficient (Wildman–Crippen LogP) is 4.55. The molecule has 0 amide bonds. The van der Waals surface area contributed by atoms with Crippen molar-refractivity contribution < 1.29 is 9.47 Å². The molecule has 0 radical (unpaired) electrons. The van der Waals surface area contributed by atoms with Crippen LogP contribution in [0, 0.1) is 0 Å². The van der Waals surface area contributed by atoms with Crippen LogP contribution in [0.3, 0.4) is 0 Å². The molecule has 0 unspecified atom stereocenters. The summed E-state index contributed by atoms with van der Waals surface area (Å²) in [5.74, 6) is 0.858. The molecule has 2 nitrogen and oxygen atoms in total. The van der Waals surface area contributed by atoms with Crippen LogP contribution in [0.4, 0.5) is 0 Å². The van der Waals surface area contributed by atoms with Gasteiger partial charge in [0.1, 0.15) is 5.75 Å². The first-order valence-corrected chi connectivity index (χ1v) is 6.97. The summed E-state index contributed by atoms with van der Waals surface area (Å²) in [6.07, 6.45) is 5.00. The zero-order chi connectivity index (χ0) is 12.5. The van der Waals surface area contributed by atoms with E-state index in [0.29, 0.717) is 6.61 Å². The molecule has 0 spiro atoms. The normalized spacial score (nSPS) is 10.5. The second-order valence-electron chi connectivity index (χ2n) is 4.08. The Morgan fingerprint density at radius 2 is 2.00 bits per heavy atom. The lowest BCUT2D eigenvalue weighted by Crippen LogP contribution is -1.96. The van der Waals surface area contributed by atoms with Gasteiger partial charge in [-0.05, 0) is 40.0 Å². The first-order valence-electron chi connectivity index (χ1n) is 6.18. The molecule has 1 rings (SSSR count). The van der Waals surface area contributed by atoms with Crippen LogP contribution in [0.1, 0.15) is 38.2 Å². The Labute approximate surface area is 112 Å². The third kappa shape index (κ3) is 5.55. The van der Waals surface area contributed by atoms with E-state index in [2.05, 4.69) is 22.9 Å². The van der Waals surface area contributed by atoms with Gasteiger partial charge < -0.3 is 9.47 Å². The van der Waals surface area contributed by atoms with E-state index in [1.807, 2.05) is 18.2 Å². The molecule has 0 aliphatic heterocycles. The van der Waals surface area contributed by atoms with Crippen LogP contribution in [0.5, 0.6) is 5.75 Å². The van der Waals surface area contributed by atoms with Crippen molar-refractivity contribution in [3.05, 3.63) is 28.2 Å². The Balaban J connectivity index is 2.25. The third-order valence-corrected chi connectivity index (χ3v) is 3.25. The van der Waals surface area contributed by atoms with Crippen molar-refractivity contribution in [3.63, 3.8) is 0 Å². The van der Waals surface area contributed by atoms with Gasteiger partial charge >= 0.3 is 0 Å². The number of methoxy groups -OCH3 is 1. The van der Waals surface area contributed by atoms with E-state index in [1.54, 1.807) is 7.11 Å². The number of benzene rings is 1. The first-order chi connectivity index (χ1) is 8.27. The molecule has 0 bridgehead atoms. The molecule has 0 fully saturated rings. The molecule has 17 heavy (non-hydrogen) atoms. The van der Waals surface area contributed by atoms with E-state index in [4.69, 9.17) is 9.47 Å². The van der Waals surface area contributed by atoms with E-state index in [0.717, 1.165) is 23.2 Å². The lowest BCUT2D eigenvalue weighted by molar-refractivity contribution is 0.116. The average molecular weight is 301 g/mol. The van der Waals surface area contributed by atoms with E-state index >= 15 is 0 Å². The van der Waals surface area contributed by atoms with Crippen LogP contribution < -0.4 is 4.74 Å². The van der Waals surface area contributed by atoms with Crippen molar-refractivity contribution in [2.75, 3.05) is 13.7 Å². The summed E-state index contributed by atoms with van der Waals surface area (Å²) >= 11 is 3.47. The second kappa shape index (κ2) is 8.54. The molecule has 0 heterocycles. The fourth-order valence-corrected chi connectivity index (χ4v) is 2.21. The van der Waals surface area contributed by atoms with Gasteiger partial charge in [0.05, 0.1) is 18.2 Å². The van der Waals surface area contributed by atoms with Gasteiger partial charge in [-0.25, -0.2) is 0 Å². The molecular formula is C14H21BrO2. The molecular weight excluding hydrogens is 280 g/mol. The number of unbranched alkanes of at least 4 members (excludes halogenated alkanes) is 3. The van der Waals surface area contributed by atoms with Crippen LogP contribution in [0.25, 0.3) is 0 Å². The highest BCUT2D eigenvalue weighted by atomic mass is 79.9. The Bertz CT molecular complexity index is 326. The minimum absolute atomic E-state index is 0.675. The highest BCUT2D eigenvalue weighted by Crippen LogP contribution is 2.25. The molecule has 3 heteroatoms. The summed E-state index contributed by atoms with van der Waals surface area (Å²) in [6, 6.07) is 6.04. The second-order valence-corrected chi connectivity index (χ2v) is 4.94. The van der Waals surface area contributed by atoms with Crippen molar-refractivity contribution in [1.82, 2.24) is 0 Å². The van der Waals surface area contributed by atoms with Gasteiger partial charge in [-0.3, -0.25) is 0 Å². The molecule has 0 N–H and O–H groups in total. The first kappa shape index (κ1) is 14.5. The molecule has 0 aliphatic rings. The van der Waals surface area contributed by atoms with Gasteiger partial charge in [-0.1, -0.05) is 32.3 Å². The monoisotopic (exact) mass is 300 g/mol. The maximum absolute atomic E-state index is 5.63. The van der Waals surface area contributed by atoms with Gasteiger partial charge in [-0.15, -0.1) is 0 Å². The Hall–Kier alpha value is -0.540. The van der Waals surface area contributed by atoms with Gasteiger partial charge in [0.2, 0.25) is 0 Å². The summed E-state index contributed by atoms with van der Waals surface area (Å²) in [4.78, 5) is 0. The van der Waals surface area contributed by atoms with E-state index in [1.165, 1.54) is 24.8 Å². The van der Waals surface area contributed by atoms with Crippen molar-refractivity contribution in [3.8, 4) is 5.75 Å². The molecule has 96 valence electrons. The molecule has 0 saturated carbocycles. The summed E-state index contributed by atoms with van der Waals surface area (Å²) in [5.41, 5.74) is 1.17. The largest absolute Gasteiger partial charge is 0.496 e. The Morgan fingerprint density at radius 1 is 1.18 bits per heavy atom. The smallest absolute Gasteiger partial charge is 0.133 e. The Morgan fingerprint density at radius 3 is 2.65 bits per heavy atom. The van der Waals surface area contributed by atoms with Crippen LogP contribution >= 0.6 is 15.9 Å². The molecule has 0 aromatic heterocycles. The van der Waals surface area contributed by atoms with Gasteiger partial charge in [0, 0.05) is 6.61 Å². The van der Waals surface area contributed by atoms with Crippen LogP contribution in [-0.4, -0.2) is 13.7 Å². The molecule has 0 aliphatic carbocycles. The number of rotatable bonds is 8. The third-order valence-electron chi connectivity index (χ3n) is 2.63. The summed E-state index contributed by atoms with van der Waals surface area (Å²) in [6.45, 7) is 3.74. The lowest BCUT2D eigenvalue weighted by Gasteiger charge is -2.07. The van der Waals surface area contributed by atoms with Crippen LogP contribution in [0.2, 0.25) is 0 Å². The van der Waals surface area contributed by atoms with Gasteiger partial charge in [0.15, 0.2) is 0 Å². The summed E-state index contributed by atoms with van der Waals surface area (Å²) in [7, 11) is 1.67. The zero-order valence-electron chi connectivity index (χ0n) is 10.7. The predicted molar refractivity (Wildman–Crippen MR) is 74.5 cm³/mol. The van der Waals surface area contributed by atoms with E-state index < -0.39 is 0 Å². The fraction of sp³-hybridized carbons (Fsp3) is 0.571. The van der Waals surface area contributed by atoms with Crippen molar-refractivity contribution in [1.29, 1.82) is 0 Å². The van der Waals surface area contributed by atoms with Gasteiger partial charge in [0.25, 0.3) is 0 Å². The highest BCUT2D eigenvalue weighted by Gasteiger charge is 2.01. The number of hydrogen-bond donors (Lipinski definition) is 0. The van der Waals surface area contributed by atoms with Crippen LogP contribution in [0.15, 0.2) is 22.7 Å². The SMILES string of the molecule is CCCCCCOCc1ccc(OC)c(Br)c1. The van der Waals surface area contributed by atoms with E-state index in [9.17, 15) is 0 Å². The number of halogens is 1. The topological polar surface area (TPSA) is 18.5 Å². The maximum Gasteiger partial charge on any atom is 0.133 e. The van der Waals surface area contributed by atoms with Crippen molar-refractivity contribution in [2.24, 2.45) is 0 Å². The molecule has 1 aromatic rings. The lowest BCUT2D eigenvalue weighted by atomic mass is 10.2. The minimum atomic E-state index is 0.675. The fourth-order valence-electron chi connectivity index (χ4n) is 1.62. The average Bonchev–Trinajstić information content (AvgIpc) is 2.34. The summed E-state index contributed by atoms with van der Waals surface area (Å²) in [5, 5.41) is 0. The number of ether oxygens (including phenoxy) is 2. The Kier molecular flexibility index (Phi) is 7.29. The minimum Gasteiger partial charge on any atom is -0.496 e. The quantitative estimate of drug-likeness (QED) is 0.656. The molecule has 0 atom stereocenters.